The highest BCUT2D eigenvalue weighted by Gasteiger charge is 2.22. The van der Waals surface area contributed by atoms with Gasteiger partial charge in [0.15, 0.2) is 6.61 Å². The molecule has 0 heterocycles. The molecule has 0 aliphatic heterocycles. The Bertz CT molecular complexity index is 559. The van der Waals surface area contributed by atoms with Gasteiger partial charge in [0.2, 0.25) is 0 Å². The van der Waals surface area contributed by atoms with Crippen molar-refractivity contribution in [2.75, 3.05) is 13.2 Å². The second-order valence-electron chi connectivity index (χ2n) is 4.69. The van der Waals surface area contributed by atoms with Gasteiger partial charge in [-0.2, -0.15) is 0 Å². The number of nitro benzene ring substituents is 1. The van der Waals surface area contributed by atoms with Gasteiger partial charge in [-0.3, -0.25) is 14.9 Å². The van der Waals surface area contributed by atoms with Gasteiger partial charge in [0.25, 0.3) is 11.6 Å². The topological polar surface area (TPSA) is 98.5 Å². The Morgan fingerprint density at radius 3 is 2.67 bits per heavy atom. The van der Waals surface area contributed by atoms with Crippen LogP contribution in [0.4, 0.5) is 5.69 Å². The zero-order chi connectivity index (χ0) is 16.0. The second kappa shape index (κ2) is 7.58. The maximum atomic E-state index is 11.8. The third-order valence-corrected chi connectivity index (χ3v) is 2.65. The van der Waals surface area contributed by atoms with Crippen molar-refractivity contribution in [3.63, 3.8) is 0 Å². The lowest BCUT2D eigenvalue weighted by Crippen LogP contribution is -2.31. The van der Waals surface area contributed by atoms with E-state index in [2.05, 4.69) is 5.32 Å². The van der Waals surface area contributed by atoms with Crippen molar-refractivity contribution < 1.29 is 19.2 Å². The molecule has 0 spiro atoms. The number of benzene rings is 1. The van der Waals surface area contributed by atoms with Crippen molar-refractivity contribution in [3.8, 4) is 0 Å². The fourth-order valence-corrected chi connectivity index (χ4v) is 1.58. The van der Waals surface area contributed by atoms with Crippen molar-refractivity contribution in [2.24, 2.45) is 5.92 Å². The zero-order valence-electron chi connectivity index (χ0n) is 11.6. The minimum absolute atomic E-state index is 0.164. The average molecular weight is 315 g/mol. The molecule has 1 rings (SSSR count). The molecule has 0 unspecified atom stereocenters. The lowest BCUT2D eigenvalue weighted by atomic mass is 10.2. The molecule has 0 saturated heterocycles. The third-order valence-electron chi connectivity index (χ3n) is 2.42. The molecular formula is C13H15ClN2O5. The van der Waals surface area contributed by atoms with Crippen LogP contribution in [0.1, 0.15) is 24.2 Å². The van der Waals surface area contributed by atoms with Gasteiger partial charge in [0.05, 0.1) is 4.92 Å². The Labute approximate surface area is 126 Å². The van der Waals surface area contributed by atoms with Crippen molar-refractivity contribution in [1.82, 2.24) is 5.32 Å². The molecule has 0 radical (unpaired) electrons. The van der Waals surface area contributed by atoms with Gasteiger partial charge in [-0.15, -0.1) is 0 Å². The number of halogens is 1. The molecule has 114 valence electrons. The molecule has 0 aromatic heterocycles. The summed E-state index contributed by atoms with van der Waals surface area (Å²) in [6.45, 7) is 3.78. The number of carbonyl (C=O) groups is 2. The van der Waals surface area contributed by atoms with E-state index in [1.807, 2.05) is 13.8 Å². The number of ether oxygens (including phenoxy) is 1. The Morgan fingerprint density at radius 2 is 2.10 bits per heavy atom. The molecule has 21 heavy (non-hydrogen) atoms. The van der Waals surface area contributed by atoms with E-state index in [0.717, 1.165) is 12.1 Å². The van der Waals surface area contributed by atoms with Gasteiger partial charge in [0, 0.05) is 17.6 Å². The van der Waals surface area contributed by atoms with Gasteiger partial charge >= 0.3 is 5.97 Å². The first-order valence-electron chi connectivity index (χ1n) is 6.19. The molecular weight excluding hydrogens is 300 g/mol. The fourth-order valence-electron chi connectivity index (χ4n) is 1.41. The van der Waals surface area contributed by atoms with Crippen molar-refractivity contribution in [2.45, 2.75) is 13.8 Å². The number of rotatable bonds is 6. The van der Waals surface area contributed by atoms with Crippen LogP contribution in [0, 0.1) is 16.0 Å². The van der Waals surface area contributed by atoms with Gasteiger partial charge in [-0.05, 0) is 18.1 Å². The molecule has 0 aliphatic carbocycles. The number of hydrogen-bond acceptors (Lipinski definition) is 5. The standard InChI is InChI=1S/C13H15ClN2O5/c1-8(2)6-15-12(17)7-21-13(18)10-5-9(14)3-4-11(10)16(19)20/h3-5,8H,6-7H2,1-2H3,(H,15,17). The predicted molar refractivity (Wildman–Crippen MR) is 76.2 cm³/mol. The lowest BCUT2D eigenvalue weighted by Gasteiger charge is -2.08. The summed E-state index contributed by atoms with van der Waals surface area (Å²) in [4.78, 5) is 33.3. The Hall–Kier alpha value is -2.15. The van der Waals surface area contributed by atoms with E-state index in [4.69, 9.17) is 16.3 Å². The summed E-state index contributed by atoms with van der Waals surface area (Å²) in [6.07, 6.45) is 0. The van der Waals surface area contributed by atoms with E-state index in [0.29, 0.717) is 6.54 Å². The number of hydrogen-bond donors (Lipinski definition) is 1. The van der Waals surface area contributed by atoms with Crippen LogP contribution >= 0.6 is 11.6 Å². The molecule has 0 fully saturated rings. The van der Waals surface area contributed by atoms with Crippen LogP contribution in [-0.4, -0.2) is 30.0 Å². The highest BCUT2D eigenvalue weighted by Crippen LogP contribution is 2.23. The van der Waals surface area contributed by atoms with Gasteiger partial charge < -0.3 is 10.1 Å². The maximum Gasteiger partial charge on any atom is 0.345 e. The first kappa shape index (κ1) is 16.9. The molecule has 0 saturated carbocycles. The molecule has 8 heteroatoms. The maximum absolute atomic E-state index is 11.8. The Kier molecular flexibility index (Phi) is 6.10. The summed E-state index contributed by atoms with van der Waals surface area (Å²) in [7, 11) is 0. The van der Waals surface area contributed by atoms with Gasteiger partial charge in [0.1, 0.15) is 5.56 Å². The van der Waals surface area contributed by atoms with E-state index in [9.17, 15) is 19.7 Å². The van der Waals surface area contributed by atoms with Crippen LogP contribution < -0.4 is 5.32 Å². The smallest absolute Gasteiger partial charge is 0.345 e. The van der Waals surface area contributed by atoms with Gasteiger partial charge in [-0.25, -0.2) is 4.79 Å². The Balaban J connectivity index is 2.70. The molecule has 0 bridgehead atoms. The van der Waals surface area contributed by atoms with Crippen LogP contribution in [0.15, 0.2) is 18.2 Å². The van der Waals surface area contributed by atoms with Crippen molar-refractivity contribution in [1.29, 1.82) is 0 Å². The van der Waals surface area contributed by atoms with Crippen molar-refractivity contribution in [3.05, 3.63) is 38.9 Å². The number of carbonyl (C=O) groups excluding carboxylic acids is 2. The van der Waals surface area contributed by atoms with E-state index < -0.39 is 29.1 Å². The van der Waals surface area contributed by atoms with Crippen LogP contribution in [0.5, 0.6) is 0 Å². The van der Waals surface area contributed by atoms with Crippen LogP contribution in [0.2, 0.25) is 5.02 Å². The number of nitrogens with one attached hydrogen (secondary N) is 1. The van der Waals surface area contributed by atoms with E-state index in [1.165, 1.54) is 6.07 Å². The number of esters is 1. The molecule has 1 aromatic rings. The van der Waals surface area contributed by atoms with Gasteiger partial charge in [-0.1, -0.05) is 25.4 Å². The summed E-state index contributed by atoms with van der Waals surface area (Å²) in [5.41, 5.74) is -0.712. The predicted octanol–water partition coefficient (Wildman–Crippen LogP) is 2.18. The quantitative estimate of drug-likeness (QED) is 0.493. The summed E-state index contributed by atoms with van der Waals surface area (Å²) in [6, 6.07) is 3.54. The van der Waals surface area contributed by atoms with Crippen molar-refractivity contribution >= 4 is 29.2 Å². The highest BCUT2D eigenvalue weighted by molar-refractivity contribution is 6.31. The number of amides is 1. The molecule has 0 aliphatic rings. The first-order valence-corrected chi connectivity index (χ1v) is 6.56. The molecule has 1 amide bonds. The number of nitro groups is 1. The lowest BCUT2D eigenvalue weighted by molar-refractivity contribution is -0.385. The largest absolute Gasteiger partial charge is 0.452 e. The number of nitrogens with zero attached hydrogens (tertiary/aromatic N) is 1. The van der Waals surface area contributed by atoms with E-state index in [-0.39, 0.29) is 16.5 Å². The summed E-state index contributed by atoms with van der Waals surface area (Å²) in [5, 5.41) is 13.6. The molecule has 1 N–H and O–H groups in total. The second-order valence-corrected chi connectivity index (χ2v) is 5.13. The van der Waals surface area contributed by atoms with E-state index in [1.54, 1.807) is 0 Å². The summed E-state index contributed by atoms with van der Waals surface area (Å²) in [5.74, 6) is -1.18. The SMILES string of the molecule is CC(C)CNC(=O)COC(=O)c1cc(Cl)ccc1[N+](=O)[O-]. The van der Waals surface area contributed by atoms with Crippen LogP contribution in [0.3, 0.4) is 0 Å². The zero-order valence-corrected chi connectivity index (χ0v) is 12.3. The monoisotopic (exact) mass is 314 g/mol. The minimum atomic E-state index is -0.969. The molecule has 7 nitrogen and oxygen atoms in total. The fraction of sp³-hybridized carbons (Fsp3) is 0.385. The first-order chi connectivity index (χ1) is 9.81. The normalized spacial score (nSPS) is 10.3. The van der Waals surface area contributed by atoms with Crippen LogP contribution in [0.25, 0.3) is 0 Å². The summed E-state index contributed by atoms with van der Waals surface area (Å²) >= 11 is 5.70. The Morgan fingerprint density at radius 1 is 1.43 bits per heavy atom. The highest BCUT2D eigenvalue weighted by atomic mass is 35.5. The molecule has 0 atom stereocenters. The molecule has 1 aromatic carbocycles. The third kappa shape index (κ3) is 5.39. The average Bonchev–Trinajstić information content (AvgIpc) is 2.41. The summed E-state index contributed by atoms with van der Waals surface area (Å²) < 4.78 is 4.75. The van der Waals surface area contributed by atoms with Crippen LogP contribution in [-0.2, 0) is 9.53 Å². The van der Waals surface area contributed by atoms with E-state index >= 15 is 0 Å². The minimum Gasteiger partial charge on any atom is -0.452 e.